The van der Waals surface area contributed by atoms with Crippen LogP contribution in [0.25, 0.3) is 11.0 Å². The number of carbonyl (C=O) groups is 2. The summed E-state index contributed by atoms with van der Waals surface area (Å²) in [6.45, 7) is 0.403. The van der Waals surface area contributed by atoms with Gasteiger partial charge in [0.25, 0.3) is 11.8 Å². The number of hydrogen-bond acceptors (Lipinski definition) is 6. The van der Waals surface area contributed by atoms with E-state index in [0.29, 0.717) is 23.4 Å². The number of hydrogen-bond donors (Lipinski definition) is 0. The van der Waals surface area contributed by atoms with E-state index in [0.717, 1.165) is 15.9 Å². The molecule has 0 unspecified atom stereocenters. The van der Waals surface area contributed by atoms with E-state index < -0.39 is 0 Å². The first-order chi connectivity index (χ1) is 13.2. The SMILES string of the molecule is O=C1c2ccccc2C(=O)N1Cn1cc(Cn2nnc3ccccc32)nn1. The minimum atomic E-state index is -0.324. The fraction of sp³-hybridized carbons (Fsp3) is 0.111. The molecule has 0 atom stereocenters. The Hall–Kier alpha value is -3.88. The van der Waals surface area contributed by atoms with Crippen LogP contribution in [-0.4, -0.2) is 46.7 Å². The molecule has 2 amide bonds. The average molecular weight is 359 g/mol. The Kier molecular flexibility index (Phi) is 3.32. The van der Waals surface area contributed by atoms with Gasteiger partial charge in [-0.2, -0.15) is 0 Å². The van der Waals surface area contributed by atoms with Gasteiger partial charge in [0.05, 0.1) is 29.4 Å². The van der Waals surface area contributed by atoms with E-state index in [-0.39, 0.29) is 18.5 Å². The van der Waals surface area contributed by atoms with Crippen molar-refractivity contribution in [2.45, 2.75) is 13.2 Å². The van der Waals surface area contributed by atoms with Crippen molar-refractivity contribution in [3.05, 3.63) is 71.5 Å². The van der Waals surface area contributed by atoms with Crippen molar-refractivity contribution >= 4 is 22.8 Å². The Bertz CT molecular complexity index is 1160. The predicted molar refractivity (Wildman–Crippen MR) is 93.6 cm³/mol. The molecule has 4 aromatic rings. The molecule has 0 N–H and O–H groups in total. The van der Waals surface area contributed by atoms with E-state index in [1.165, 1.54) is 4.68 Å². The van der Waals surface area contributed by atoms with Gasteiger partial charge in [0.1, 0.15) is 17.9 Å². The smallest absolute Gasteiger partial charge is 0.263 e. The summed E-state index contributed by atoms with van der Waals surface area (Å²) in [6, 6.07) is 14.4. The molecule has 5 rings (SSSR count). The number of para-hydroxylation sites is 1. The maximum absolute atomic E-state index is 12.4. The zero-order valence-corrected chi connectivity index (χ0v) is 14.1. The number of carbonyl (C=O) groups excluding carboxylic acids is 2. The molecule has 0 saturated carbocycles. The molecule has 0 saturated heterocycles. The molecule has 0 spiro atoms. The van der Waals surface area contributed by atoms with E-state index in [4.69, 9.17) is 0 Å². The molecule has 0 radical (unpaired) electrons. The van der Waals surface area contributed by atoms with Crippen molar-refractivity contribution in [2.75, 3.05) is 0 Å². The van der Waals surface area contributed by atoms with E-state index in [1.54, 1.807) is 35.1 Å². The largest absolute Gasteiger partial charge is 0.269 e. The molecule has 0 bridgehead atoms. The van der Waals surface area contributed by atoms with E-state index in [1.807, 2.05) is 24.3 Å². The summed E-state index contributed by atoms with van der Waals surface area (Å²) < 4.78 is 3.20. The molecule has 132 valence electrons. The molecule has 1 aliphatic rings. The molecular formula is C18H13N7O2. The third-order valence-corrected chi connectivity index (χ3v) is 4.48. The quantitative estimate of drug-likeness (QED) is 0.510. The van der Waals surface area contributed by atoms with Gasteiger partial charge in [-0.25, -0.2) is 9.36 Å². The normalized spacial score (nSPS) is 13.6. The van der Waals surface area contributed by atoms with Gasteiger partial charge in [-0.3, -0.25) is 14.5 Å². The van der Waals surface area contributed by atoms with Gasteiger partial charge in [-0.15, -0.1) is 10.2 Å². The Morgan fingerprint density at radius 1 is 0.815 bits per heavy atom. The van der Waals surface area contributed by atoms with Gasteiger partial charge < -0.3 is 0 Å². The average Bonchev–Trinajstić information content (AvgIpc) is 3.38. The highest BCUT2D eigenvalue weighted by molar-refractivity contribution is 6.21. The van der Waals surface area contributed by atoms with Gasteiger partial charge in [0.15, 0.2) is 0 Å². The van der Waals surface area contributed by atoms with E-state index >= 15 is 0 Å². The van der Waals surface area contributed by atoms with Crippen molar-refractivity contribution < 1.29 is 9.59 Å². The predicted octanol–water partition coefficient (Wildman–Crippen LogP) is 1.32. The Balaban J connectivity index is 1.36. The van der Waals surface area contributed by atoms with Crippen LogP contribution >= 0.6 is 0 Å². The molecule has 2 aromatic heterocycles. The Morgan fingerprint density at radius 2 is 1.52 bits per heavy atom. The van der Waals surface area contributed by atoms with Crippen LogP contribution in [-0.2, 0) is 13.2 Å². The number of benzene rings is 2. The number of imide groups is 1. The number of fused-ring (bicyclic) bond motifs is 2. The molecule has 0 aliphatic carbocycles. The summed E-state index contributed by atoms with van der Waals surface area (Å²) in [5.41, 5.74) is 3.18. The second kappa shape index (κ2) is 5.84. The van der Waals surface area contributed by atoms with Gasteiger partial charge in [-0.1, -0.05) is 34.7 Å². The highest BCUT2D eigenvalue weighted by atomic mass is 16.2. The monoisotopic (exact) mass is 359 g/mol. The fourth-order valence-electron chi connectivity index (χ4n) is 3.18. The molecule has 9 heteroatoms. The van der Waals surface area contributed by atoms with Gasteiger partial charge in [-0.05, 0) is 24.3 Å². The zero-order chi connectivity index (χ0) is 18.4. The molecule has 0 fully saturated rings. The first kappa shape index (κ1) is 15.4. The van der Waals surface area contributed by atoms with Crippen LogP contribution in [0.2, 0.25) is 0 Å². The summed E-state index contributed by atoms with van der Waals surface area (Å²) in [5, 5.41) is 16.4. The standard InChI is InChI=1S/C18H13N7O2/c26-17-13-5-1-2-6-14(13)18(27)24(17)11-23-9-12(19-21-23)10-25-16-8-4-3-7-15(16)20-22-25/h1-9H,10-11H2. The maximum atomic E-state index is 12.4. The Morgan fingerprint density at radius 3 is 2.30 bits per heavy atom. The van der Waals surface area contributed by atoms with Gasteiger partial charge in [0.2, 0.25) is 0 Å². The number of nitrogens with zero attached hydrogens (tertiary/aromatic N) is 7. The summed E-state index contributed by atoms with van der Waals surface area (Å²) in [4.78, 5) is 26.0. The molecule has 27 heavy (non-hydrogen) atoms. The minimum absolute atomic E-state index is 0.0114. The van der Waals surface area contributed by atoms with Crippen LogP contribution in [0.5, 0.6) is 0 Å². The summed E-state index contributed by atoms with van der Waals surface area (Å²) >= 11 is 0. The molecule has 9 nitrogen and oxygen atoms in total. The highest BCUT2D eigenvalue weighted by Gasteiger charge is 2.35. The lowest BCUT2D eigenvalue weighted by Crippen LogP contribution is -2.32. The Labute approximate surface area is 152 Å². The lowest BCUT2D eigenvalue weighted by Gasteiger charge is -2.12. The third-order valence-electron chi connectivity index (χ3n) is 4.48. The van der Waals surface area contributed by atoms with Gasteiger partial charge >= 0.3 is 0 Å². The van der Waals surface area contributed by atoms with Crippen LogP contribution in [0, 0.1) is 0 Å². The lowest BCUT2D eigenvalue weighted by atomic mass is 10.1. The van der Waals surface area contributed by atoms with Crippen molar-refractivity contribution in [1.29, 1.82) is 0 Å². The summed E-state index contributed by atoms with van der Waals surface area (Å²) in [7, 11) is 0. The second-order valence-corrected chi connectivity index (χ2v) is 6.21. The number of aromatic nitrogens is 6. The lowest BCUT2D eigenvalue weighted by molar-refractivity contribution is 0.0596. The first-order valence-corrected chi connectivity index (χ1v) is 8.33. The fourth-order valence-corrected chi connectivity index (χ4v) is 3.18. The van der Waals surface area contributed by atoms with E-state index in [9.17, 15) is 9.59 Å². The van der Waals surface area contributed by atoms with E-state index in [2.05, 4.69) is 20.6 Å². The van der Waals surface area contributed by atoms with Crippen LogP contribution < -0.4 is 0 Å². The molecule has 2 aromatic carbocycles. The zero-order valence-electron chi connectivity index (χ0n) is 14.1. The van der Waals surface area contributed by atoms with Crippen molar-refractivity contribution in [3.63, 3.8) is 0 Å². The minimum Gasteiger partial charge on any atom is -0.269 e. The second-order valence-electron chi connectivity index (χ2n) is 6.21. The van der Waals surface area contributed by atoms with Crippen LogP contribution in [0.3, 0.4) is 0 Å². The van der Waals surface area contributed by atoms with Crippen LogP contribution in [0.1, 0.15) is 26.4 Å². The number of amides is 2. The van der Waals surface area contributed by atoms with Crippen LogP contribution in [0.15, 0.2) is 54.7 Å². The van der Waals surface area contributed by atoms with Crippen molar-refractivity contribution in [3.8, 4) is 0 Å². The summed E-state index contributed by atoms with van der Waals surface area (Å²) in [5.74, 6) is -0.648. The van der Waals surface area contributed by atoms with Crippen LogP contribution in [0.4, 0.5) is 0 Å². The highest BCUT2D eigenvalue weighted by Crippen LogP contribution is 2.22. The summed E-state index contributed by atoms with van der Waals surface area (Å²) in [6.07, 6.45) is 1.69. The number of rotatable bonds is 4. The van der Waals surface area contributed by atoms with Gasteiger partial charge in [0, 0.05) is 0 Å². The maximum Gasteiger partial charge on any atom is 0.263 e. The third kappa shape index (κ3) is 2.48. The topological polar surface area (TPSA) is 98.8 Å². The first-order valence-electron chi connectivity index (χ1n) is 8.33. The van der Waals surface area contributed by atoms with Crippen molar-refractivity contribution in [1.82, 2.24) is 34.9 Å². The molecular weight excluding hydrogens is 346 g/mol. The van der Waals surface area contributed by atoms with Crippen molar-refractivity contribution in [2.24, 2.45) is 0 Å². The molecule has 3 heterocycles. The molecule has 1 aliphatic heterocycles.